The van der Waals surface area contributed by atoms with Crippen LogP contribution in [0.5, 0.6) is 5.75 Å². The maximum atomic E-state index is 15.7. The molecule has 3 aliphatic rings. The number of fused-ring (bicyclic) bond motifs is 3. The second-order valence-corrected chi connectivity index (χ2v) is 19.6. The number of hydrogen-bond acceptors (Lipinski definition) is 12. The largest absolute Gasteiger partial charge is 0.493 e. The zero-order chi connectivity index (χ0) is 50.3. The van der Waals surface area contributed by atoms with Crippen molar-refractivity contribution in [2.45, 2.75) is 63.8 Å². The number of alkyl halides is 2. The Morgan fingerprint density at radius 1 is 0.917 bits per heavy atom. The van der Waals surface area contributed by atoms with Crippen LogP contribution in [-0.2, 0) is 34.4 Å². The van der Waals surface area contributed by atoms with Crippen molar-refractivity contribution in [3.63, 3.8) is 0 Å². The zero-order valence-electron chi connectivity index (χ0n) is 39.5. The number of carboxylic acids is 1. The van der Waals surface area contributed by atoms with Crippen LogP contribution in [0.2, 0.25) is 0 Å². The van der Waals surface area contributed by atoms with Gasteiger partial charge in [-0.15, -0.1) is 0 Å². The summed E-state index contributed by atoms with van der Waals surface area (Å²) in [6.07, 6.45) is 1.88. The Morgan fingerprint density at radius 3 is 2.54 bits per heavy atom. The number of amides is 4. The molecule has 2 unspecified atom stereocenters. The first kappa shape index (κ1) is 48.0. The summed E-state index contributed by atoms with van der Waals surface area (Å²) in [6, 6.07) is 27.4. The van der Waals surface area contributed by atoms with Crippen LogP contribution in [-0.4, -0.2) is 98.1 Å². The third-order valence-corrected chi connectivity index (χ3v) is 14.8. The van der Waals surface area contributed by atoms with Gasteiger partial charge in [0.15, 0.2) is 10.8 Å². The lowest BCUT2D eigenvalue weighted by Gasteiger charge is -2.38. The fourth-order valence-electron chi connectivity index (χ4n) is 10.3. The van der Waals surface area contributed by atoms with Gasteiger partial charge in [-0.1, -0.05) is 59.9 Å². The Balaban J connectivity index is 0.739. The van der Waals surface area contributed by atoms with Crippen molar-refractivity contribution in [1.82, 2.24) is 30.0 Å². The van der Waals surface area contributed by atoms with Gasteiger partial charge in [0.05, 0.1) is 52.7 Å². The molecule has 19 heteroatoms. The lowest BCUT2D eigenvalue weighted by Crippen LogP contribution is -2.50. The van der Waals surface area contributed by atoms with Crippen molar-refractivity contribution in [1.29, 1.82) is 0 Å². The van der Waals surface area contributed by atoms with Crippen LogP contribution in [0.25, 0.3) is 32.2 Å². The summed E-state index contributed by atoms with van der Waals surface area (Å²) in [5.41, 5.74) is 6.25. The Labute approximate surface area is 416 Å². The lowest BCUT2D eigenvalue weighted by molar-refractivity contribution is -0.134. The normalized spacial score (nSPS) is 17.9. The highest BCUT2D eigenvalue weighted by molar-refractivity contribution is 7.22. The van der Waals surface area contributed by atoms with E-state index in [9.17, 15) is 29.1 Å². The number of thiazole rings is 1. The smallest absolute Gasteiger partial charge is 0.355 e. The minimum absolute atomic E-state index is 0.141. The first-order chi connectivity index (χ1) is 34.7. The standard InChI is InChI=1S/C53H51F2N9O7S/c1-30-33(34-18-20-43(58-47(34)51(69)70)64-25-22-31-9-5-12-35(38(31)27-64)49(67)60-52-57-39-14-3-4-17-42(39)72-52)11-7-16-41(30)71-26-8-10-32-23-24-63(29-53(32,54)55)28-45(66)56-40-15-6-13-36-46(61-62(2)48(36)40)37-19-21-44(65)59-50(37)68/h3-7,9,11-18,20,32,37H,8,10,19,21-29H2,1-2H3,(H,56,66)(H,69,70)(H,57,60,67)(H,59,65,68). The monoisotopic (exact) mass is 995 g/mol. The quantitative estimate of drug-likeness (QED) is 0.0601. The molecule has 0 radical (unpaired) electrons. The number of piperidine rings is 2. The van der Waals surface area contributed by atoms with E-state index in [1.54, 1.807) is 66.3 Å². The predicted molar refractivity (Wildman–Crippen MR) is 269 cm³/mol. The topological polar surface area (TPSA) is 201 Å². The van der Waals surface area contributed by atoms with Gasteiger partial charge in [-0.3, -0.25) is 39.4 Å². The van der Waals surface area contributed by atoms with Gasteiger partial charge >= 0.3 is 5.97 Å². The molecule has 7 aromatic rings. The van der Waals surface area contributed by atoms with Gasteiger partial charge in [-0.2, -0.15) is 5.10 Å². The van der Waals surface area contributed by atoms with E-state index in [1.165, 1.54) is 16.2 Å². The second-order valence-electron chi connectivity index (χ2n) is 18.6. The van der Waals surface area contributed by atoms with Crippen molar-refractivity contribution < 1.29 is 42.6 Å². The number of imide groups is 1. The molecule has 2 saturated heterocycles. The van der Waals surface area contributed by atoms with E-state index in [1.807, 2.05) is 48.2 Å². The van der Waals surface area contributed by atoms with Crippen LogP contribution in [0, 0.1) is 12.8 Å². The van der Waals surface area contributed by atoms with E-state index in [0.717, 1.165) is 21.3 Å². The van der Waals surface area contributed by atoms with Crippen LogP contribution >= 0.6 is 11.3 Å². The predicted octanol–water partition coefficient (Wildman–Crippen LogP) is 8.34. The van der Waals surface area contributed by atoms with Gasteiger partial charge < -0.3 is 20.1 Å². The average Bonchev–Trinajstić information content (AvgIpc) is 3.93. The molecule has 72 heavy (non-hydrogen) atoms. The Hall–Kier alpha value is -7.64. The lowest BCUT2D eigenvalue weighted by atomic mass is 9.88. The summed E-state index contributed by atoms with van der Waals surface area (Å²) in [6.45, 7) is 2.39. The number of nitrogens with one attached hydrogen (secondary N) is 3. The third-order valence-electron chi connectivity index (χ3n) is 13.9. The number of nitrogens with zero attached hydrogens (tertiary/aromatic N) is 6. The van der Waals surface area contributed by atoms with E-state index in [4.69, 9.17) is 4.74 Å². The molecular formula is C53H51F2N9O7S. The Morgan fingerprint density at radius 2 is 1.74 bits per heavy atom. The summed E-state index contributed by atoms with van der Waals surface area (Å²) in [5.74, 6) is -6.31. The molecule has 3 aliphatic heterocycles. The van der Waals surface area contributed by atoms with Gasteiger partial charge in [0.2, 0.25) is 17.7 Å². The fourth-order valence-corrected chi connectivity index (χ4v) is 11.1. The second kappa shape index (κ2) is 19.9. The molecule has 4 amide bonds. The molecule has 0 spiro atoms. The maximum absolute atomic E-state index is 15.7. The van der Waals surface area contributed by atoms with Crippen LogP contribution < -0.4 is 25.6 Å². The van der Waals surface area contributed by atoms with Crippen molar-refractivity contribution >= 4 is 78.7 Å². The van der Waals surface area contributed by atoms with Crippen LogP contribution in [0.4, 0.5) is 25.4 Å². The number of likely N-dealkylation sites (tertiary alicyclic amines) is 1. The number of carboxylic acid groups (broad SMARTS) is 1. The van der Waals surface area contributed by atoms with E-state index in [0.29, 0.717) is 100 Å². The van der Waals surface area contributed by atoms with Crippen LogP contribution in [0.1, 0.15) is 81.3 Å². The minimum Gasteiger partial charge on any atom is -0.493 e. The molecule has 2 atom stereocenters. The maximum Gasteiger partial charge on any atom is 0.355 e. The fraction of sp³-hybridized carbons (Fsp3) is 0.321. The summed E-state index contributed by atoms with van der Waals surface area (Å²) < 4.78 is 40.0. The summed E-state index contributed by atoms with van der Waals surface area (Å²) in [5, 5.41) is 24.4. The highest BCUT2D eigenvalue weighted by Gasteiger charge is 2.44. The summed E-state index contributed by atoms with van der Waals surface area (Å²) in [4.78, 5) is 76.7. The SMILES string of the molecule is Cc1c(OCCCC2CCN(CC(=O)Nc3cccc4c(C5CCC(=O)NC5=O)nn(C)c34)CC2(F)F)cccc1-c1ccc(N2CCc3cccc(C(=O)Nc4nc5ccccc5s4)c3C2)nc1C(=O)O. The molecule has 10 rings (SSSR count). The molecule has 0 saturated carbocycles. The first-order valence-electron chi connectivity index (χ1n) is 23.9. The van der Waals surface area contributed by atoms with E-state index in [2.05, 4.69) is 31.0 Å². The van der Waals surface area contributed by atoms with Gasteiger partial charge in [-0.05, 0) is 110 Å². The van der Waals surface area contributed by atoms with Gasteiger partial charge in [0.25, 0.3) is 11.8 Å². The van der Waals surface area contributed by atoms with Crippen molar-refractivity contribution in [2.75, 3.05) is 48.3 Å². The van der Waals surface area contributed by atoms with Crippen molar-refractivity contribution in [3.8, 4) is 16.9 Å². The Bertz CT molecular complexity index is 3270. The average molecular weight is 996 g/mol. The number of benzene rings is 4. The zero-order valence-corrected chi connectivity index (χ0v) is 40.4. The number of aryl methyl sites for hydroxylation is 1. The van der Waals surface area contributed by atoms with Gasteiger partial charge in [-0.25, -0.2) is 23.5 Å². The molecule has 4 N–H and O–H groups in total. The number of para-hydroxylation sites is 2. The highest BCUT2D eigenvalue weighted by atomic mass is 32.1. The number of aromatic carboxylic acids is 1. The van der Waals surface area contributed by atoms with Crippen LogP contribution in [0.3, 0.4) is 0 Å². The first-order valence-corrected chi connectivity index (χ1v) is 24.7. The number of aromatic nitrogens is 4. The molecule has 0 bridgehead atoms. The molecule has 2 fully saturated rings. The van der Waals surface area contributed by atoms with Gasteiger partial charge in [0, 0.05) is 49.0 Å². The molecular weight excluding hydrogens is 945 g/mol. The van der Waals surface area contributed by atoms with E-state index < -0.39 is 42.1 Å². The van der Waals surface area contributed by atoms with Crippen molar-refractivity contribution in [2.24, 2.45) is 13.0 Å². The number of ether oxygens (including phenoxy) is 1. The molecule has 0 aliphatic carbocycles. The molecule has 4 aromatic carbocycles. The molecule has 16 nitrogen and oxygen atoms in total. The van der Waals surface area contributed by atoms with E-state index in [-0.39, 0.29) is 49.9 Å². The number of halogens is 2. The number of rotatable bonds is 14. The molecule has 6 heterocycles. The number of hydrogen-bond donors (Lipinski definition) is 4. The minimum atomic E-state index is -3.05. The number of anilines is 3. The number of carbonyl (C=O) groups excluding carboxylic acids is 4. The van der Waals surface area contributed by atoms with Crippen molar-refractivity contribution in [3.05, 3.63) is 125 Å². The summed E-state index contributed by atoms with van der Waals surface area (Å²) >= 11 is 1.40. The van der Waals surface area contributed by atoms with E-state index >= 15 is 8.78 Å². The molecule has 370 valence electrons. The Kier molecular flexibility index (Phi) is 13.2. The third kappa shape index (κ3) is 9.73. The van der Waals surface area contributed by atoms with Gasteiger partial charge in [0.1, 0.15) is 11.6 Å². The number of carbonyl (C=O) groups is 5. The molecule has 3 aromatic heterocycles. The van der Waals surface area contributed by atoms with Crippen LogP contribution in [0.15, 0.2) is 91.0 Å². The highest BCUT2D eigenvalue weighted by Crippen LogP contribution is 2.39. The summed E-state index contributed by atoms with van der Waals surface area (Å²) in [7, 11) is 1.69. The number of pyridine rings is 1.